The van der Waals surface area contributed by atoms with Crippen molar-refractivity contribution < 1.29 is 4.79 Å². The maximum atomic E-state index is 11.6. The second-order valence-electron chi connectivity index (χ2n) is 3.59. The smallest absolute Gasteiger partial charge is 0.141 e. The first-order valence-electron chi connectivity index (χ1n) is 4.68. The summed E-state index contributed by atoms with van der Waals surface area (Å²) in [6, 6.07) is 0. The lowest BCUT2D eigenvalue weighted by atomic mass is 9.94. The van der Waals surface area contributed by atoms with Crippen LogP contribution < -0.4 is 0 Å². The van der Waals surface area contributed by atoms with Crippen molar-refractivity contribution in [3.8, 4) is 0 Å². The number of rotatable bonds is 1. The van der Waals surface area contributed by atoms with Gasteiger partial charge in [0.2, 0.25) is 0 Å². The molecule has 1 rings (SSSR count). The Balaban J connectivity index is 2.93. The lowest BCUT2D eigenvalue weighted by Crippen LogP contribution is -2.18. The van der Waals surface area contributed by atoms with E-state index in [1.54, 1.807) is 0 Å². The van der Waals surface area contributed by atoms with Crippen molar-refractivity contribution >= 4 is 28.7 Å². The molecule has 1 aliphatic rings. The largest absolute Gasteiger partial charge is 0.299 e. The molecule has 0 aromatic carbocycles. The zero-order chi connectivity index (χ0) is 10.0. The molecule has 13 heavy (non-hydrogen) atoms. The number of hydrogen-bond acceptors (Lipinski definition) is 2. The molecule has 0 saturated heterocycles. The summed E-state index contributed by atoms with van der Waals surface area (Å²) in [7, 11) is 0. The number of Topliss-reactive ketones (excluding diaryl/α,β-unsaturated/α-hetero) is 1. The molecule has 72 valence electrons. The fourth-order valence-electron chi connectivity index (χ4n) is 1.42. The van der Waals surface area contributed by atoms with Crippen molar-refractivity contribution in [2.45, 2.75) is 33.6 Å². The predicted molar refractivity (Wildman–Crippen MR) is 58.3 cm³/mol. The van der Waals surface area contributed by atoms with Gasteiger partial charge in [0.15, 0.2) is 0 Å². The van der Waals surface area contributed by atoms with Crippen molar-refractivity contribution in [2.24, 2.45) is 16.8 Å². The van der Waals surface area contributed by atoms with Gasteiger partial charge in [-0.05, 0) is 13.3 Å². The Morgan fingerprint density at radius 1 is 1.62 bits per heavy atom. The summed E-state index contributed by atoms with van der Waals surface area (Å²) in [5.41, 5.74) is 0.867. The lowest BCUT2D eigenvalue weighted by Gasteiger charge is -2.09. The van der Waals surface area contributed by atoms with Crippen molar-refractivity contribution in [1.29, 1.82) is 0 Å². The van der Waals surface area contributed by atoms with Gasteiger partial charge in [-0.3, -0.25) is 4.79 Å². The topological polar surface area (TPSA) is 29.4 Å². The molecule has 2 unspecified atom stereocenters. The Kier molecular flexibility index (Phi) is 3.31. The third-order valence-electron chi connectivity index (χ3n) is 2.69. The van der Waals surface area contributed by atoms with Crippen LogP contribution in [-0.2, 0) is 4.79 Å². The van der Waals surface area contributed by atoms with Gasteiger partial charge in [0.1, 0.15) is 10.8 Å². The van der Waals surface area contributed by atoms with Gasteiger partial charge in [-0.2, -0.15) is 0 Å². The minimum Gasteiger partial charge on any atom is -0.299 e. The van der Waals surface area contributed by atoms with Crippen LogP contribution in [0.5, 0.6) is 0 Å². The number of carbonyl (C=O) groups is 1. The molecule has 0 aliphatic carbocycles. The summed E-state index contributed by atoms with van der Waals surface area (Å²) in [4.78, 5) is 16.6. The Morgan fingerprint density at radius 3 is 2.77 bits per heavy atom. The zero-order valence-electron chi connectivity index (χ0n) is 8.33. The molecule has 2 atom stereocenters. The van der Waals surface area contributed by atoms with Gasteiger partial charge >= 0.3 is 0 Å². The summed E-state index contributed by atoms with van der Waals surface area (Å²) >= 11 is 5.16. The monoisotopic (exact) mass is 197 g/mol. The fraction of sp³-hybridized carbons (Fsp3) is 0.700. The third kappa shape index (κ3) is 2.21. The Bertz CT molecular complexity index is 270. The average Bonchev–Trinajstić information content (AvgIpc) is 2.18. The number of hydrogen-bond donors (Lipinski definition) is 0. The van der Waals surface area contributed by atoms with Crippen molar-refractivity contribution in [1.82, 2.24) is 0 Å². The first kappa shape index (κ1) is 10.5. The van der Waals surface area contributed by atoms with E-state index in [0.29, 0.717) is 11.4 Å². The maximum Gasteiger partial charge on any atom is 0.141 e. The minimum absolute atomic E-state index is 0.0468. The molecule has 0 radical (unpaired) electrons. The summed E-state index contributed by atoms with van der Waals surface area (Å²) in [6.45, 7) is 5.83. The molecule has 2 nitrogen and oxygen atoms in total. The van der Waals surface area contributed by atoms with E-state index in [0.717, 1.165) is 12.1 Å². The fourth-order valence-corrected chi connectivity index (χ4v) is 1.81. The van der Waals surface area contributed by atoms with E-state index < -0.39 is 0 Å². The quantitative estimate of drug-likeness (QED) is 0.604. The molecule has 0 aromatic rings. The van der Waals surface area contributed by atoms with Crippen molar-refractivity contribution in [3.63, 3.8) is 0 Å². The lowest BCUT2D eigenvalue weighted by molar-refractivity contribution is -0.121. The first-order valence-corrected chi connectivity index (χ1v) is 5.08. The van der Waals surface area contributed by atoms with E-state index in [1.807, 2.05) is 20.8 Å². The molecule has 0 saturated carbocycles. The number of carbonyl (C=O) groups excluding carboxylic acids is 1. The van der Waals surface area contributed by atoms with Crippen LogP contribution in [0, 0.1) is 11.8 Å². The highest BCUT2D eigenvalue weighted by molar-refractivity contribution is 7.80. The van der Waals surface area contributed by atoms with E-state index in [1.165, 1.54) is 0 Å². The van der Waals surface area contributed by atoms with Crippen molar-refractivity contribution in [2.75, 3.05) is 0 Å². The summed E-state index contributed by atoms with van der Waals surface area (Å²) in [5.74, 6) is 0.407. The highest BCUT2D eigenvalue weighted by atomic mass is 32.1. The van der Waals surface area contributed by atoms with Crippen LogP contribution in [0.1, 0.15) is 33.6 Å². The van der Waals surface area contributed by atoms with Gasteiger partial charge in [-0.25, -0.2) is 4.99 Å². The van der Waals surface area contributed by atoms with Gasteiger partial charge in [0.25, 0.3) is 0 Å². The molecule has 0 N–H and O–H groups in total. The van der Waals surface area contributed by atoms with Crippen LogP contribution in [0.15, 0.2) is 4.99 Å². The first-order chi connectivity index (χ1) is 6.06. The second-order valence-corrected chi connectivity index (χ2v) is 4.01. The molecule has 0 aromatic heterocycles. The Morgan fingerprint density at radius 2 is 2.23 bits per heavy atom. The number of thiocarbonyl (C=S) groups is 1. The van der Waals surface area contributed by atoms with Crippen LogP contribution in [-0.4, -0.2) is 16.5 Å². The van der Waals surface area contributed by atoms with Crippen LogP contribution in [0.25, 0.3) is 0 Å². The number of ketones is 1. The average molecular weight is 197 g/mol. The molecule has 0 bridgehead atoms. The molecule has 1 aliphatic heterocycles. The van der Waals surface area contributed by atoms with Crippen LogP contribution in [0.3, 0.4) is 0 Å². The minimum atomic E-state index is -0.0468. The predicted octanol–water partition coefficient (Wildman–Crippen LogP) is 2.41. The number of aliphatic imine (C=N–C) groups is 1. The van der Waals surface area contributed by atoms with E-state index >= 15 is 0 Å². The maximum absolute atomic E-state index is 11.6. The van der Waals surface area contributed by atoms with Crippen LogP contribution in [0.2, 0.25) is 0 Å². The normalized spacial score (nSPS) is 29.9. The van der Waals surface area contributed by atoms with E-state index in [9.17, 15) is 4.79 Å². The Labute approximate surface area is 84.4 Å². The molecule has 0 amide bonds. The summed E-state index contributed by atoms with van der Waals surface area (Å²) in [5, 5.41) is 0. The van der Waals surface area contributed by atoms with Crippen molar-refractivity contribution in [3.05, 3.63) is 0 Å². The van der Waals surface area contributed by atoms with Gasteiger partial charge in [0, 0.05) is 18.1 Å². The van der Waals surface area contributed by atoms with Gasteiger partial charge in [0.05, 0.1) is 5.92 Å². The molecular formula is C10H15NOS. The third-order valence-corrected chi connectivity index (χ3v) is 3.11. The molecule has 1 heterocycles. The summed E-state index contributed by atoms with van der Waals surface area (Å²) < 4.78 is 0. The highest BCUT2D eigenvalue weighted by Crippen LogP contribution is 2.20. The van der Waals surface area contributed by atoms with Gasteiger partial charge < -0.3 is 0 Å². The molecule has 0 fully saturated rings. The molecular weight excluding hydrogens is 182 g/mol. The van der Waals surface area contributed by atoms with E-state index in [2.05, 4.69) is 4.99 Å². The zero-order valence-corrected chi connectivity index (χ0v) is 9.15. The number of nitrogens with zero attached hydrogens (tertiary/aromatic N) is 1. The van der Waals surface area contributed by atoms with Crippen LogP contribution >= 0.6 is 12.2 Å². The highest BCUT2D eigenvalue weighted by Gasteiger charge is 2.26. The summed E-state index contributed by atoms with van der Waals surface area (Å²) in [6.07, 6.45) is 1.48. The SMILES string of the molecule is CCC1CC(=O)C(C)C(C)=NC1=S. The van der Waals surface area contributed by atoms with E-state index in [4.69, 9.17) is 12.2 Å². The molecule has 0 spiro atoms. The van der Waals surface area contributed by atoms with E-state index in [-0.39, 0.29) is 17.6 Å². The standard InChI is InChI=1S/C10H15NOS/c1-4-8-5-9(12)6(2)7(3)11-10(8)13/h6,8H,4-5H2,1-3H3. The van der Waals surface area contributed by atoms with Crippen LogP contribution in [0.4, 0.5) is 0 Å². The second kappa shape index (κ2) is 4.09. The van der Waals surface area contributed by atoms with Gasteiger partial charge in [-0.15, -0.1) is 0 Å². The molecule has 3 heteroatoms. The van der Waals surface area contributed by atoms with Gasteiger partial charge in [-0.1, -0.05) is 26.1 Å². The Hall–Kier alpha value is -0.570.